The van der Waals surface area contributed by atoms with Crippen LogP contribution in [-0.2, 0) is 6.18 Å². The van der Waals surface area contributed by atoms with Gasteiger partial charge in [0, 0.05) is 30.1 Å². The van der Waals surface area contributed by atoms with Crippen molar-refractivity contribution in [1.29, 1.82) is 5.41 Å². The van der Waals surface area contributed by atoms with Crippen molar-refractivity contribution in [3.05, 3.63) is 29.3 Å². The summed E-state index contributed by atoms with van der Waals surface area (Å²) in [5, 5.41) is 7.25. The predicted molar refractivity (Wildman–Crippen MR) is 78.7 cm³/mol. The van der Waals surface area contributed by atoms with Gasteiger partial charge in [0.15, 0.2) is 0 Å². The van der Waals surface area contributed by atoms with Crippen molar-refractivity contribution in [1.82, 2.24) is 0 Å². The molecule has 7 heteroatoms. The van der Waals surface area contributed by atoms with Crippen LogP contribution in [0.2, 0.25) is 0 Å². The normalized spacial score (nSPS) is 13.1. The van der Waals surface area contributed by atoms with Crippen molar-refractivity contribution in [3.8, 4) is 0 Å². The minimum atomic E-state index is -4.53. The zero-order valence-corrected chi connectivity index (χ0v) is 12.4. The van der Waals surface area contributed by atoms with Gasteiger partial charge in [-0.1, -0.05) is 0 Å². The zero-order valence-electron chi connectivity index (χ0n) is 11.6. The fourth-order valence-corrected chi connectivity index (χ4v) is 2.53. The van der Waals surface area contributed by atoms with Crippen LogP contribution in [0.4, 0.5) is 18.9 Å². The lowest BCUT2D eigenvalue weighted by Gasteiger charge is -2.27. The maximum absolute atomic E-state index is 13.0. The third-order valence-corrected chi connectivity index (χ3v) is 3.89. The van der Waals surface area contributed by atoms with Crippen LogP contribution in [0.5, 0.6) is 0 Å². The molecule has 0 spiro atoms. The SMILES string of the molecule is CSCC(C)N(C)c1ccc(C(=N)N)c(C(F)(F)F)c1. The van der Waals surface area contributed by atoms with E-state index in [9.17, 15) is 13.2 Å². The highest BCUT2D eigenvalue weighted by atomic mass is 32.2. The van der Waals surface area contributed by atoms with E-state index in [0.717, 1.165) is 11.8 Å². The van der Waals surface area contributed by atoms with Gasteiger partial charge in [-0.05, 0) is 31.4 Å². The van der Waals surface area contributed by atoms with E-state index in [1.165, 1.54) is 6.07 Å². The molecule has 1 aromatic rings. The second kappa shape index (κ2) is 6.39. The maximum atomic E-state index is 13.0. The van der Waals surface area contributed by atoms with Crippen LogP contribution in [0.15, 0.2) is 18.2 Å². The van der Waals surface area contributed by atoms with E-state index < -0.39 is 17.6 Å². The molecule has 1 rings (SSSR count). The molecule has 0 heterocycles. The van der Waals surface area contributed by atoms with Gasteiger partial charge in [-0.15, -0.1) is 0 Å². The van der Waals surface area contributed by atoms with Gasteiger partial charge in [0.25, 0.3) is 0 Å². The van der Waals surface area contributed by atoms with E-state index in [0.29, 0.717) is 5.69 Å². The number of rotatable bonds is 5. The standard InChI is InChI=1S/C13H18F3N3S/c1-8(7-20-3)19(2)9-4-5-10(12(17)18)11(6-9)13(14,15)16/h4-6,8H,7H2,1-3H3,(H3,17,18). The lowest BCUT2D eigenvalue weighted by atomic mass is 10.0. The monoisotopic (exact) mass is 305 g/mol. The maximum Gasteiger partial charge on any atom is 0.417 e. The molecule has 1 atom stereocenters. The summed E-state index contributed by atoms with van der Waals surface area (Å²) in [6.07, 6.45) is -2.58. The minimum absolute atomic E-state index is 0.106. The van der Waals surface area contributed by atoms with Crippen molar-refractivity contribution in [3.63, 3.8) is 0 Å². The number of nitrogens with two attached hydrogens (primary N) is 1. The summed E-state index contributed by atoms with van der Waals surface area (Å²) in [5.74, 6) is 0.232. The highest BCUT2D eigenvalue weighted by Gasteiger charge is 2.34. The Bertz CT molecular complexity index is 488. The van der Waals surface area contributed by atoms with Crippen molar-refractivity contribution in [2.45, 2.75) is 19.1 Å². The molecule has 0 bridgehead atoms. The van der Waals surface area contributed by atoms with Crippen LogP contribution < -0.4 is 10.6 Å². The third kappa shape index (κ3) is 3.82. The summed E-state index contributed by atoms with van der Waals surface area (Å²) in [7, 11) is 1.75. The number of nitrogen functional groups attached to an aromatic ring is 1. The first-order valence-electron chi connectivity index (χ1n) is 5.96. The number of thioether (sulfide) groups is 1. The van der Waals surface area contributed by atoms with Gasteiger partial charge >= 0.3 is 6.18 Å². The zero-order chi connectivity index (χ0) is 15.5. The Morgan fingerprint density at radius 1 is 1.45 bits per heavy atom. The molecule has 0 aromatic heterocycles. The number of nitrogens with zero attached hydrogens (tertiary/aromatic N) is 1. The highest BCUT2D eigenvalue weighted by molar-refractivity contribution is 7.98. The number of halogens is 3. The molecular formula is C13H18F3N3S. The summed E-state index contributed by atoms with van der Waals surface area (Å²) in [4.78, 5) is 1.79. The average molecular weight is 305 g/mol. The van der Waals surface area contributed by atoms with Gasteiger partial charge < -0.3 is 10.6 Å². The average Bonchev–Trinajstić information content (AvgIpc) is 2.36. The van der Waals surface area contributed by atoms with Crippen LogP contribution >= 0.6 is 11.8 Å². The number of hydrogen-bond acceptors (Lipinski definition) is 3. The fraction of sp³-hybridized carbons (Fsp3) is 0.462. The quantitative estimate of drug-likeness (QED) is 0.649. The third-order valence-electron chi connectivity index (χ3n) is 3.08. The second-order valence-corrected chi connectivity index (χ2v) is 5.47. The highest BCUT2D eigenvalue weighted by Crippen LogP contribution is 2.34. The molecule has 0 aliphatic rings. The summed E-state index contributed by atoms with van der Waals surface area (Å²) in [6, 6.07) is 3.97. The van der Waals surface area contributed by atoms with E-state index in [-0.39, 0.29) is 11.6 Å². The molecule has 0 saturated heterocycles. The van der Waals surface area contributed by atoms with E-state index in [2.05, 4.69) is 0 Å². The predicted octanol–water partition coefficient (Wildman–Crippen LogP) is 3.18. The topological polar surface area (TPSA) is 53.1 Å². The molecule has 3 N–H and O–H groups in total. The van der Waals surface area contributed by atoms with Gasteiger partial charge in [0.1, 0.15) is 5.84 Å². The molecular weight excluding hydrogens is 287 g/mol. The number of hydrogen-bond donors (Lipinski definition) is 2. The molecule has 1 aromatic carbocycles. The summed E-state index contributed by atoms with van der Waals surface area (Å²) in [5.41, 5.74) is 4.52. The van der Waals surface area contributed by atoms with Crippen LogP contribution in [0.3, 0.4) is 0 Å². The Morgan fingerprint density at radius 3 is 2.50 bits per heavy atom. The molecule has 0 saturated carbocycles. The van der Waals surface area contributed by atoms with Crippen molar-refractivity contribution in [2.24, 2.45) is 5.73 Å². The molecule has 0 fully saturated rings. The Labute approximate surface area is 120 Å². The fourth-order valence-electron chi connectivity index (χ4n) is 1.83. The molecule has 20 heavy (non-hydrogen) atoms. The lowest BCUT2D eigenvalue weighted by Crippen LogP contribution is -2.31. The first-order valence-corrected chi connectivity index (χ1v) is 7.35. The van der Waals surface area contributed by atoms with Crippen LogP contribution in [0.1, 0.15) is 18.1 Å². The van der Waals surface area contributed by atoms with Gasteiger partial charge in [0.2, 0.25) is 0 Å². The first-order chi connectivity index (χ1) is 9.18. The molecule has 112 valence electrons. The number of anilines is 1. The largest absolute Gasteiger partial charge is 0.417 e. The number of nitrogens with one attached hydrogen (secondary N) is 1. The van der Waals surface area contributed by atoms with Gasteiger partial charge in [-0.2, -0.15) is 24.9 Å². The summed E-state index contributed by atoms with van der Waals surface area (Å²) >= 11 is 1.63. The lowest BCUT2D eigenvalue weighted by molar-refractivity contribution is -0.137. The van der Waals surface area contributed by atoms with Gasteiger partial charge in [-0.3, -0.25) is 5.41 Å². The van der Waals surface area contributed by atoms with Gasteiger partial charge in [0.05, 0.1) is 5.56 Å². The molecule has 0 aliphatic heterocycles. The summed E-state index contributed by atoms with van der Waals surface area (Å²) < 4.78 is 39.1. The smallest absolute Gasteiger partial charge is 0.384 e. The van der Waals surface area contributed by atoms with Gasteiger partial charge in [-0.25, -0.2) is 0 Å². The van der Waals surface area contributed by atoms with Crippen LogP contribution in [0, 0.1) is 5.41 Å². The van der Waals surface area contributed by atoms with Crippen LogP contribution in [-0.4, -0.2) is 30.9 Å². The Hall–Kier alpha value is -1.37. The number of amidine groups is 1. The van der Waals surface area contributed by atoms with E-state index in [4.69, 9.17) is 11.1 Å². The minimum Gasteiger partial charge on any atom is -0.384 e. The van der Waals surface area contributed by atoms with Crippen molar-refractivity contribution >= 4 is 23.3 Å². The Morgan fingerprint density at radius 2 is 2.05 bits per heavy atom. The molecule has 0 amide bonds. The Balaban J connectivity index is 3.23. The van der Waals surface area contributed by atoms with E-state index in [1.54, 1.807) is 29.8 Å². The van der Waals surface area contributed by atoms with Crippen LogP contribution in [0.25, 0.3) is 0 Å². The number of alkyl halides is 3. The first kappa shape index (κ1) is 16.7. The summed E-state index contributed by atoms with van der Waals surface area (Å²) in [6.45, 7) is 1.95. The van der Waals surface area contributed by atoms with E-state index in [1.807, 2.05) is 13.2 Å². The van der Waals surface area contributed by atoms with E-state index >= 15 is 0 Å². The second-order valence-electron chi connectivity index (χ2n) is 4.56. The van der Waals surface area contributed by atoms with Crippen molar-refractivity contribution in [2.75, 3.05) is 24.0 Å². The molecule has 0 radical (unpaired) electrons. The molecule has 0 aliphatic carbocycles. The number of benzene rings is 1. The Kier molecular flexibility index (Phi) is 5.33. The molecule has 3 nitrogen and oxygen atoms in total. The van der Waals surface area contributed by atoms with Crippen molar-refractivity contribution < 1.29 is 13.2 Å². The molecule has 1 unspecified atom stereocenters.